The first-order valence-corrected chi connectivity index (χ1v) is 9.94. The van der Waals surface area contributed by atoms with Gasteiger partial charge in [-0.3, -0.25) is 9.59 Å². The van der Waals surface area contributed by atoms with Gasteiger partial charge in [0.1, 0.15) is 23.0 Å². The maximum absolute atomic E-state index is 13.5. The highest BCUT2D eigenvalue weighted by atomic mass is 35.5. The molecule has 0 saturated carbocycles. The first kappa shape index (κ1) is 21.4. The van der Waals surface area contributed by atoms with Crippen LogP contribution in [-0.2, 0) is 9.59 Å². The minimum atomic E-state index is -0.568. The molecule has 4 rings (SSSR count). The molecule has 0 fully saturated rings. The molecule has 3 aromatic carbocycles. The summed E-state index contributed by atoms with van der Waals surface area (Å²) in [6, 6.07) is 16.8. The molecule has 0 aliphatic carbocycles. The SMILES string of the molecule is COc1ccc(N2C(=O)C(Nc3cc(Cl)ccc3OC)=C(c3ccc(F)cc3)C2=O)cc1. The van der Waals surface area contributed by atoms with Gasteiger partial charge >= 0.3 is 0 Å². The van der Waals surface area contributed by atoms with Gasteiger partial charge in [0.2, 0.25) is 0 Å². The van der Waals surface area contributed by atoms with Crippen LogP contribution in [0, 0.1) is 5.82 Å². The number of methoxy groups -OCH3 is 2. The number of benzene rings is 3. The molecule has 0 radical (unpaired) electrons. The standard InChI is InChI=1S/C24H18ClFN2O4/c1-31-18-10-8-17(9-11-18)28-23(29)21(14-3-6-16(26)7-4-14)22(24(28)30)27-19-13-15(25)5-12-20(19)32-2/h3-13,27H,1-2H3. The van der Waals surface area contributed by atoms with E-state index in [9.17, 15) is 14.0 Å². The molecule has 1 N–H and O–H groups in total. The number of halogens is 2. The van der Waals surface area contributed by atoms with E-state index in [1.165, 1.54) is 38.5 Å². The smallest absolute Gasteiger partial charge is 0.282 e. The zero-order chi connectivity index (χ0) is 22.8. The van der Waals surface area contributed by atoms with E-state index in [-0.39, 0.29) is 11.3 Å². The molecule has 1 aliphatic rings. The summed E-state index contributed by atoms with van der Waals surface area (Å²) in [6.45, 7) is 0. The van der Waals surface area contributed by atoms with Gasteiger partial charge in [-0.15, -0.1) is 0 Å². The molecule has 2 amide bonds. The van der Waals surface area contributed by atoms with Crippen molar-refractivity contribution in [2.24, 2.45) is 0 Å². The lowest BCUT2D eigenvalue weighted by molar-refractivity contribution is -0.120. The zero-order valence-corrected chi connectivity index (χ0v) is 17.9. The van der Waals surface area contributed by atoms with Crippen LogP contribution in [0.4, 0.5) is 15.8 Å². The van der Waals surface area contributed by atoms with Crippen molar-refractivity contribution in [3.8, 4) is 11.5 Å². The Morgan fingerprint density at radius 1 is 0.875 bits per heavy atom. The first-order valence-electron chi connectivity index (χ1n) is 9.56. The Labute approximate surface area is 188 Å². The number of carbonyl (C=O) groups is 2. The number of nitrogens with zero attached hydrogens (tertiary/aromatic N) is 1. The van der Waals surface area contributed by atoms with Crippen LogP contribution in [0.1, 0.15) is 5.56 Å². The van der Waals surface area contributed by atoms with Crippen molar-refractivity contribution in [1.29, 1.82) is 0 Å². The van der Waals surface area contributed by atoms with E-state index in [2.05, 4.69) is 5.32 Å². The van der Waals surface area contributed by atoms with Crippen molar-refractivity contribution < 1.29 is 23.5 Å². The molecule has 3 aromatic rings. The third-order valence-corrected chi connectivity index (χ3v) is 5.20. The Balaban J connectivity index is 1.83. The lowest BCUT2D eigenvalue weighted by Crippen LogP contribution is -2.32. The van der Waals surface area contributed by atoms with Crippen LogP contribution >= 0.6 is 11.6 Å². The average molecular weight is 453 g/mol. The summed E-state index contributed by atoms with van der Waals surface area (Å²) < 4.78 is 24.0. The third kappa shape index (κ3) is 3.90. The van der Waals surface area contributed by atoms with Gasteiger partial charge in [0.05, 0.1) is 31.2 Å². The molecule has 0 bridgehead atoms. The molecule has 0 saturated heterocycles. The predicted molar refractivity (Wildman–Crippen MR) is 120 cm³/mol. The fourth-order valence-corrected chi connectivity index (χ4v) is 3.58. The summed E-state index contributed by atoms with van der Waals surface area (Å²) in [7, 11) is 3.00. The van der Waals surface area contributed by atoms with Crippen LogP contribution in [0.3, 0.4) is 0 Å². The highest BCUT2D eigenvalue weighted by molar-refractivity contribution is 6.46. The van der Waals surface area contributed by atoms with Gasteiger partial charge in [0.25, 0.3) is 11.8 Å². The number of hydrogen-bond acceptors (Lipinski definition) is 5. The van der Waals surface area contributed by atoms with Crippen LogP contribution in [0.2, 0.25) is 5.02 Å². The molecule has 8 heteroatoms. The summed E-state index contributed by atoms with van der Waals surface area (Å²) in [5, 5.41) is 3.42. The van der Waals surface area contributed by atoms with Gasteiger partial charge in [-0.1, -0.05) is 23.7 Å². The summed E-state index contributed by atoms with van der Waals surface area (Å²) in [6.07, 6.45) is 0. The Kier molecular flexibility index (Phi) is 5.83. The van der Waals surface area contributed by atoms with E-state index in [4.69, 9.17) is 21.1 Å². The van der Waals surface area contributed by atoms with Crippen LogP contribution < -0.4 is 19.7 Å². The molecule has 0 aromatic heterocycles. The Morgan fingerprint density at radius 3 is 2.19 bits per heavy atom. The van der Waals surface area contributed by atoms with E-state index < -0.39 is 17.6 Å². The summed E-state index contributed by atoms with van der Waals surface area (Å²) in [4.78, 5) is 27.9. The average Bonchev–Trinajstić information content (AvgIpc) is 3.04. The van der Waals surface area contributed by atoms with Gasteiger partial charge in [-0.05, 0) is 60.2 Å². The Morgan fingerprint density at radius 2 is 1.56 bits per heavy atom. The van der Waals surface area contributed by atoms with Gasteiger partial charge in [-0.2, -0.15) is 0 Å². The molecule has 162 valence electrons. The molecule has 0 spiro atoms. The molecule has 0 atom stereocenters. The highest BCUT2D eigenvalue weighted by Crippen LogP contribution is 2.37. The molecule has 1 heterocycles. The lowest BCUT2D eigenvalue weighted by Gasteiger charge is -2.16. The Bertz CT molecular complexity index is 1220. The molecule has 32 heavy (non-hydrogen) atoms. The zero-order valence-electron chi connectivity index (χ0n) is 17.2. The van der Waals surface area contributed by atoms with Crippen LogP contribution in [-0.4, -0.2) is 26.0 Å². The van der Waals surface area contributed by atoms with Crippen molar-refractivity contribution >= 4 is 40.4 Å². The van der Waals surface area contributed by atoms with Crippen molar-refractivity contribution in [1.82, 2.24) is 0 Å². The van der Waals surface area contributed by atoms with Gasteiger partial charge < -0.3 is 14.8 Å². The predicted octanol–water partition coefficient (Wildman–Crippen LogP) is 4.89. The Hall–Kier alpha value is -3.84. The van der Waals surface area contributed by atoms with E-state index in [1.807, 2.05) is 0 Å². The van der Waals surface area contributed by atoms with Crippen molar-refractivity contribution in [2.45, 2.75) is 0 Å². The molecular weight excluding hydrogens is 435 g/mol. The molecule has 1 aliphatic heterocycles. The lowest BCUT2D eigenvalue weighted by atomic mass is 10.0. The number of ether oxygens (including phenoxy) is 2. The quantitative estimate of drug-likeness (QED) is 0.539. The first-order chi connectivity index (χ1) is 15.4. The second-order valence-corrected chi connectivity index (χ2v) is 7.31. The minimum absolute atomic E-state index is 0.0259. The maximum Gasteiger partial charge on any atom is 0.282 e. The number of carbonyl (C=O) groups excluding carboxylic acids is 2. The van der Waals surface area contributed by atoms with Crippen molar-refractivity contribution in [3.05, 3.63) is 88.8 Å². The van der Waals surface area contributed by atoms with Crippen molar-refractivity contribution in [2.75, 3.05) is 24.4 Å². The largest absolute Gasteiger partial charge is 0.497 e. The second-order valence-electron chi connectivity index (χ2n) is 6.87. The monoisotopic (exact) mass is 452 g/mol. The number of anilines is 2. The fourth-order valence-electron chi connectivity index (χ4n) is 3.41. The number of nitrogens with one attached hydrogen (secondary N) is 1. The second kappa shape index (κ2) is 8.72. The third-order valence-electron chi connectivity index (χ3n) is 4.97. The van der Waals surface area contributed by atoms with Gasteiger partial charge in [0.15, 0.2) is 0 Å². The molecule has 0 unspecified atom stereocenters. The molecule has 6 nitrogen and oxygen atoms in total. The fraction of sp³-hybridized carbons (Fsp3) is 0.0833. The highest BCUT2D eigenvalue weighted by Gasteiger charge is 2.40. The van der Waals surface area contributed by atoms with Crippen LogP contribution in [0.15, 0.2) is 72.4 Å². The summed E-state index contributed by atoms with van der Waals surface area (Å²) in [5.74, 6) is -0.550. The maximum atomic E-state index is 13.5. The number of hydrogen-bond donors (Lipinski definition) is 1. The van der Waals surface area contributed by atoms with Gasteiger partial charge in [0, 0.05) is 5.02 Å². The van der Waals surface area contributed by atoms with E-state index in [0.29, 0.717) is 33.5 Å². The normalized spacial score (nSPS) is 13.6. The van der Waals surface area contributed by atoms with Crippen LogP contribution in [0.5, 0.6) is 11.5 Å². The van der Waals surface area contributed by atoms with E-state index >= 15 is 0 Å². The van der Waals surface area contributed by atoms with Crippen molar-refractivity contribution in [3.63, 3.8) is 0 Å². The molecular formula is C24H18ClFN2O4. The number of rotatable bonds is 6. The summed E-state index contributed by atoms with van der Waals surface area (Å²) in [5.41, 5.74) is 1.30. The summed E-state index contributed by atoms with van der Waals surface area (Å²) >= 11 is 6.12. The number of imide groups is 1. The topological polar surface area (TPSA) is 67.9 Å². The van der Waals surface area contributed by atoms with E-state index in [0.717, 1.165) is 4.90 Å². The number of amides is 2. The van der Waals surface area contributed by atoms with Crippen LogP contribution in [0.25, 0.3) is 5.57 Å². The van der Waals surface area contributed by atoms with E-state index in [1.54, 1.807) is 42.5 Å². The van der Waals surface area contributed by atoms with Gasteiger partial charge in [-0.25, -0.2) is 9.29 Å². The minimum Gasteiger partial charge on any atom is -0.497 e.